The molecule has 5 nitrogen and oxygen atoms in total. The summed E-state index contributed by atoms with van der Waals surface area (Å²) in [6.45, 7) is 2.82. The Morgan fingerprint density at radius 2 is 1.83 bits per heavy atom. The zero-order valence-electron chi connectivity index (χ0n) is 14.7. The fourth-order valence-electron chi connectivity index (χ4n) is 3.25. The molecule has 0 spiro atoms. The van der Waals surface area contributed by atoms with E-state index < -0.39 is 0 Å². The average Bonchev–Trinajstić information content (AvgIpc) is 2.94. The van der Waals surface area contributed by atoms with Gasteiger partial charge in [0, 0.05) is 33.1 Å². The number of rotatable bonds is 4. The number of amides is 1. The summed E-state index contributed by atoms with van der Waals surface area (Å²) in [5, 5.41) is 1.57. The summed E-state index contributed by atoms with van der Waals surface area (Å²) in [4.78, 5) is 27.2. The summed E-state index contributed by atoms with van der Waals surface area (Å²) in [5.41, 5.74) is 2.17. The van der Waals surface area contributed by atoms with Crippen LogP contribution < -0.4 is 5.56 Å². The smallest absolute Gasteiger partial charge is 0.270 e. The Morgan fingerprint density at radius 3 is 2.54 bits per heavy atom. The van der Waals surface area contributed by atoms with Gasteiger partial charge < -0.3 is 14.0 Å². The Balaban J connectivity index is 2.25. The van der Waals surface area contributed by atoms with Gasteiger partial charge in [-0.15, -0.1) is 0 Å². The molecule has 0 saturated carbocycles. The van der Waals surface area contributed by atoms with E-state index in [1.807, 2.05) is 42.9 Å². The van der Waals surface area contributed by atoms with Gasteiger partial charge >= 0.3 is 0 Å². The molecular formula is C19H23N3O2. The highest BCUT2D eigenvalue weighted by atomic mass is 16.2. The van der Waals surface area contributed by atoms with Crippen LogP contribution in [0.5, 0.6) is 0 Å². The van der Waals surface area contributed by atoms with Gasteiger partial charge in [0.15, 0.2) is 0 Å². The summed E-state index contributed by atoms with van der Waals surface area (Å²) < 4.78 is 3.50. The number of benzene rings is 1. The van der Waals surface area contributed by atoms with Crippen LogP contribution in [0.1, 0.15) is 30.3 Å². The van der Waals surface area contributed by atoms with Gasteiger partial charge in [-0.2, -0.15) is 0 Å². The molecule has 0 atom stereocenters. The van der Waals surface area contributed by atoms with E-state index in [1.165, 1.54) is 0 Å². The quantitative estimate of drug-likeness (QED) is 0.740. The third kappa shape index (κ3) is 2.40. The van der Waals surface area contributed by atoms with Gasteiger partial charge in [0.1, 0.15) is 5.69 Å². The number of carbonyl (C=O) groups is 1. The SMILES string of the molecule is CCCCN(C)C(=O)c1cc2c(=O)n(C)c3ccccc3c2n1C. The second-order valence-electron chi connectivity index (χ2n) is 6.31. The molecule has 1 aromatic carbocycles. The molecule has 24 heavy (non-hydrogen) atoms. The average molecular weight is 325 g/mol. The lowest BCUT2D eigenvalue weighted by Crippen LogP contribution is -2.29. The van der Waals surface area contributed by atoms with Crippen LogP contribution in [0.15, 0.2) is 35.1 Å². The number of aryl methyl sites for hydroxylation is 2. The molecule has 0 saturated heterocycles. The van der Waals surface area contributed by atoms with E-state index >= 15 is 0 Å². The monoisotopic (exact) mass is 325 g/mol. The largest absolute Gasteiger partial charge is 0.340 e. The molecule has 126 valence electrons. The van der Waals surface area contributed by atoms with Crippen LogP contribution in [-0.2, 0) is 14.1 Å². The molecule has 0 N–H and O–H groups in total. The number of fused-ring (bicyclic) bond motifs is 3. The van der Waals surface area contributed by atoms with Crippen LogP contribution in [0, 0.1) is 0 Å². The van der Waals surface area contributed by atoms with Gasteiger partial charge in [-0.25, -0.2) is 0 Å². The molecule has 3 rings (SSSR count). The summed E-state index contributed by atoms with van der Waals surface area (Å²) in [7, 11) is 5.44. The van der Waals surface area contributed by atoms with Gasteiger partial charge in [0.2, 0.25) is 0 Å². The first-order valence-corrected chi connectivity index (χ1v) is 8.30. The second kappa shape index (κ2) is 6.15. The maximum atomic E-state index is 12.8. The van der Waals surface area contributed by atoms with Crippen molar-refractivity contribution >= 4 is 27.7 Å². The van der Waals surface area contributed by atoms with Crippen molar-refractivity contribution in [3.63, 3.8) is 0 Å². The van der Waals surface area contributed by atoms with E-state index in [0.29, 0.717) is 11.1 Å². The molecule has 0 aliphatic carbocycles. The maximum Gasteiger partial charge on any atom is 0.270 e. The van der Waals surface area contributed by atoms with Crippen molar-refractivity contribution in [2.75, 3.05) is 13.6 Å². The standard InChI is InChI=1S/C19H23N3O2/c1-5-6-11-20(2)19(24)16-12-14-17(21(16)3)13-9-7-8-10-15(13)22(4)18(14)23/h7-10,12H,5-6,11H2,1-4H3. The molecule has 0 radical (unpaired) electrons. The van der Waals surface area contributed by atoms with Crippen LogP contribution >= 0.6 is 0 Å². The van der Waals surface area contributed by atoms with E-state index in [2.05, 4.69) is 6.92 Å². The van der Waals surface area contributed by atoms with Crippen molar-refractivity contribution in [2.24, 2.45) is 14.1 Å². The number of hydrogen-bond donors (Lipinski definition) is 0. The molecule has 2 heterocycles. The van der Waals surface area contributed by atoms with Crippen molar-refractivity contribution < 1.29 is 4.79 Å². The first kappa shape index (κ1) is 16.3. The van der Waals surface area contributed by atoms with Gasteiger partial charge in [-0.05, 0) is 18.6 Å². The fraction of sp³-hybridized carbons (Fsp3) is 0.368. The van der Waals surface area contributed by atoms with Gasteiger partial charge in [0.05, 0.1) is 16.4 Å². The first-order chi connectivity index (χ1) is 11.5. The Kier molecular flexibility index (Phi) is 4.18. The number of carbonyl (C=O) groups excluding carboxylic acids is 1. The minimum atomic E-state index is -0.0745. The molecule has 3 aromatic rings. The second-order valence-corrected chi connectivity index (χ2v) is 6.31. The molecule has 0 unspecified atom stereocenters. The lowest BCUT2D eigenvalue weighted by Gasteiger charge is -2.17. The van der Waals surface area contributed by atoms with Crippen molar-refractivity contribution in [3.8, 4) is 0 Å². The molecule has 2 aromatic heterocycles. The van der Waals surface area contributed by atoms with Crippen LogP contribution in [-0.4, -0.2) is 33.5 Å². The minimum Gasteiger partial charge on any atom is -0.340 e. The number of hydrogen-bond acceptors (Lipinski definition) is 2. The number of para-hydroxylation sites is 1. The van der Waals surface area contributed by atoms with Gasteiger partial charge in [0.25, 0.3) is 11.5 Å². The summed E-state index contributed by atoms with van der Waals surface area (Å²) in [6.07, 6.45) is 2.01. The fourth-order valence-corrected chi connectivity index (χ4v) is 3.25. The van der Waals surface area contributed by atoms with Crippen molar-refractivity contribution in [1.82, 2.24) is 14.0 Å². The third-order valence-corrected chi connectivity index (χ3v) is 4.70. The number of nitrogens with zero attached hydrogens (tertiary/aromatic N) is 3. The van der Waals surface area contributed by atoms with Crippen LogP contribution in [0.4, 0.5) is 0 Å². The highest BCUT2D eigenvalue weighted by molar-refractivity contribution is 6.08. The summed E-state index contributed by atoms with van der Waals surface area (Å²) >= 11 is 0. The van der Waals surface area contributed by atoms with E-state index in [4.69, 9.17) is 0 Å². The topological polar surface area (TPSA) is 47.2 Å². The van der Waals surface area contributed by atoms with Gasteiger partial charge in [-0.1, -0.05) is 31.5 Å². The lowest BCUT2D eigenvalue weighted by molar-refractivity contribution is 0.0784. The number of unbranched alkanes of at least 4 members (excludes halogenated alkanes) is 1. The predicted molar refractivity (Wildman–Crippen MR) is 97.5 cm³/mol. The third-order valence-electron chi connectivity index (χ3n) is 4.70. The maximum absolute atomic E-state index is 12.8. The first-order valence-electron chi connectivity index (χ1n) is 8.30. The molecule has 0 aliphatic heterocycles. The molecule has 1 amide bonds. The molecule has 0 bridgehead atoms. The highest BCUT2D eigenvalue weighted by Crippen LogP contribution is 2.25. The lowest BCUT2D eigenvalue weighted by atomic mass is 10.1. The molecule has 0 aliphatic rings. The Morgan fingerprint density at radius 1 is 1.12 bits per heavy atom. The minimum absolute atomic E-state index is 0.0479. The van der Waals surface area contributed by atoms with E-state index in [-0.39, 0.29) is 11.5 Å². The van der Waals surface area contributed by atoms with Crippen molar-refractivity contribution in [1.29, 1.82) is 0 Å². The molecule has 5 heteroatoms. The zero-order valence-corrected chi connectivity index (χ0v) is 14.7. The van der Waals surface area contributed by atoms with E-state index in [0.717, 1.165) is 35.8 Å². The number of pyridine rings is 1. The Bertz CT molecular complexity index is 982. The van der Waals surface area contributed by atoms with Gasteiger partial charge in [-0.3, -0.25) is 9.59 Å². The number of aromatic nitrogens is 2. The Labute approximate surface area is 141 Å². The predicted octanol–water partition coefficient (Wildman–Crippen LogP) is 2.90. The summed E-state index contributed by atoms with van der Waals surface area (Å²) in [6, 6.07) is 9.52. The normalized spacial score (nSPS) is 11.3. The van der Waals surface area contributed by atoms with Crippen molar-refractivity contribution in [2.45, 2.75) is 19.8 Å². The zero-order chi connectivity index (χ0) is 17.4. The molecular weight excluding hydrogens is 302 g/mol. The van der Waals surface area contributed by atoms with Crippen LogP contribution in [0.3, 0.4) is 0 Å². The highest BCUT2D eigenvalue weighted by Gasteiger charge is 2.20. The van der Waals surface area contributed by atoms with Crippen molar-refractivity contribution in [3.05, 3.63) is 46.4 Å². The summed E-state index contributed by atoms with van der Waals surface area (Å²) in [5.74, 6) is -0.0479. The van der Waals surface area contributed by atoms with Crippen LogP contribution in [0.25, 0.3) is 21.8 Å². The van der Waals surface area contributed by atoms with E-state index in [9.17, 15) is 9.59 Å². The van der Waals surface area contributed by atoms with Crippen LogP contribution in [0.2, 0.25) is 0 Å². The van der Waals surface area contributed by atoms with E-state index in [1.54, 1.807) is 22.6 Å². The molecule has 0 fully saturated rings. The Hall–Kier alpha value is -2.56.